The third-order valence-electron chi connectivity index (χ3n) is 5.39. The first kappa shape index (κ1) is 18.1. The predicted octanol–water partition coefficient (Wildman–Crippen LogP) is 1.99. The zero-order valence-electron chi connectivity index (χ0n) is 15.2. The molecule has 27 heavy (non-hydrogen) atoms. The quantitative estimate of drug-likeness (QED) is 0.894. The van der Waals surface area contributed by atoms with E-state index in [0.717, 1.165) is 26.1 Å². The van der Waals surface area contributed by atoms with Crippen molar-refractivity contribution < 1.29 is 13.9 Å². The van der Waals surface area contributed by atoms with Gasteiger partial charge in [-0.05, 0) is 44.5 Å². The summed E-state index contributed by atoms with van der Waals surface area (Å²) in [7, 11) is 0. The van der Waals surface area contributed by atoms with E-state index in [4.69, 9.17) is 4.74 Å². The number of rotatable bonds is 3. The lowest BCUT2D eigenvalue weighted by Gasteiger charge is -2.27. The predicted molar refractivity (Wildman–Crippen MR) is 100 cm³/mol. The molecule has 0 bridgehead atoms. The summed E-state index contributed by atoms with van der Waals surface area (Å²) in [6, 6.07) is 4.30. The lowest BCUT2D eigenvalue weighted by Crippen LogP contribution is -2.43. The summed E-state index contributed by atoms with van der Waals surface area (Å²) in [6.07, 6.45) is 4.43. The molecule has 2 aromatic rings. The molecule has 0 unspecified atom stereocenters. The van der Waals surface area contributed by atoms with Crippen molar-refractivity contribution in [2.75, 3.05) is 39.3 Å². The lowest BCUT2D eigenvalue weighted by molar-refractivity contribution is 0.0297. The van der Waals surface area contributed by atoms with Gasteiger partial charge in [-0.15, -0.1) is 0 Å². The van der Waals surface area contributed by atoms with E-state index in [9.17, 15) is 14.0 Å². The van der Waals surface area contributed by atoms with Crippen LogP contribution in [0.15, 0.2) is 29.2 Å². The van der Waals surface area contributed by atoms with Crippen LogP contribution in [0.3, 0.4) is 0 Å². The van der Waals surface area contributed by atoms with Gasteiger partial charge in [0, 0.05) is 37.8 Å². The van der Waals surface area contributed by atoms with Crippen LogP contribution < -0.4 is 5.43 Å². The van der Waals surface area contributed by atoms with Gasteiger partial charge in [0.05, 0.1) is 11.6 Å². The fourth-order valence-electron chi connectivity index (χ4n) is 3.99. The second-order valence-corrected chi connectivity index (χ2v) is 7.30. The van der Waals surface area contributed by atoms with Crippen molar-refractivity contribution >= 4 is 16.8 Å². The Labute approximate surface area is 156 Å². The number of nitrogens with zero attached hydrogens (tertiary/aromatic N) is 2. The standard InChI is InChI=1S/C20H24FN3O3/c21-17-6-3-5-15-18(17)22-11-16(19(15)25)20(26)24-9-4-10-27-14(13-24)12-23-7-1-2-8-23/h3,5-6,11,14H,1-2,4,7-10,12-13H2,(H,22,25)/t14-/m1/s1. The molecule has 3 heterocycles. The van der Waals surface area contributed by atoms with E-state index in [0.29, 0.717) is 19.7 Å². The van der Waals surface area contributed by atoms with Crippen LogP contribution in [-0.4, -0.2) is 66.1 Å². The summed E-state index contributed by atoms with van der Waals surface area (Å²) in [5.74, 6) is -0.822. The molecule has 1 aromatic heterocycles. The van der Waals surface area contributed by atoms with Gasteiger partial charge in [0.15, 0.2) is 0 Å². The normalized spacial score (nSPS) is 21.5. The van der Waals surface area contributed by atoms with Crippen LogP contribution in [-0.2, 0) is 4.74 Å². The summed E-state index contributed by atoms with van der Waals surface area (Å²) in [5, 5.41) is 0.195. The molecule has 0 saturated carbocycles. The zero-order valence-corrected chi connectivity index (χ0v) is 15.2. The molecule has 0 radical (unpaired) electrons. The van der Waals surface area contributed by atoms with Gasteiger partial charge in [-0.1, -0.05) is 6.07 Å². The smallest absolute Gasteiger partial charge is 0.259 e. The van der Waals surface area contributed by atoms with Gasteiger partial charge in [0.25, 0.3) is 5.91 Å². The molecule has 2 aliphatic heterocycles. The molecule has 2 saturated heterocycles. The third kappa shape index (κ3) is 3.75. The Morgan fingerprint density at radius 2 is 2.04 bits per heavy atom. The number of nitrogens with one attached hydrogen (secondary N) is 1. The topological polar surface area (TPSA) is 65.6 Å². The second kappa shape index (κ2) is 7.78. The molecule has 1 aromatic carbocycles. The first-order valence-electron chi connectivity index (χ1n) is 9.56. The molecular weight excluding hydrogens is 349 g/mol. The lowest BCUT2D eigenvalue weighted by atomic mass is 10.1. The first-order chi connectivity index (χ1) is 13.1. The van der Waals surface area contributed by atoms with E-state index in [1.165, 1.54) is 37.2 Å². The Morgan fingerprint density at radius 1 is 1.22 bits per heavy atom. The van der Waals surface area contributed by atoms with Crippen LogP contribution in [0.25, 0.3) is 10.9 Å². The van der Waals surface area contributed by atoms with Gasteiger partial charge in [-0.3, -0.25) is 9.59 Å². The molecular formula is C20H24FN3O3. The highest BCUT2D eigenvalue weighted by atomic mass is 19.1. The largest absolute Gasteiger partial charge is 0.375 e. The van der Waals surface area contributed by atoms with Crippen molar-refractivity contribution in [1.82, 2.24) is 14.8 Å². The van der Waals surface area contributed by atoms with Gasteiger partial charge in [-0.25, -0.2) is 4.39 Å². The Hall–Kier alpha value is -2.25. The fraction of sp³-hybridized carbons (Fsp3) is 0.500. The first-order valence-corrected chi connectivity index (χ1v) is 9.56. The van der Waals surface area contributed by atoms with E-state index in [-0.39, 0.29) is 28.5 Å². The number of halogens is 1. The Bertz CT molecular complexity index is 892. The number of carbonyl (C=O) groups is 1. The molecule has 2 fully saturated rings. The third-order valence-corrected chi connectivity index (χ3v) is 5.39. The molecule has 0 aliphatic carbocycles. The van der Waals surface area contributed by atoms with Crippen LogP contribution >= 0.6 is 0 Å². The van der Waals surface area contributed by atoms with Crippen molar-refractivity contribution in [3.05, 3.63) is 46.0 Å². The van der Waals surface area contributed by atoms with Crippen LogP contribution in [0.2, 0.25) is 0 Å². The minimum absolute atomic E-state index is 0.0495. The van der Waals surface area contributed by atoms with Crippen LogP contribution in [0.5, 0.6) is 0 Å². The number of para-hydroxylation sites is 1. The van der Waals surface area contributed by atoms with Gasteiger partial charge in [-0.2, -0.15) is 0 Å². The summed E-state index contributed by atoms with van der Waals surface area (Å²) in [6.45, 7) is 4.59. The van der Waals surface area contributed by atoms with Crippen LogP contribution in [0, 0.1) is 5.82 Å². The van der Waals surface area contributed by atoms with Crippen molar-refractivity contribution in [3.8, 4) is 0 Å². The number of carbonyl (C=O) groups excluding carboxylic acids is 1. The summed E-state index contributed by atoms with van der Waals surface area (Å²) in [4.78, 5) is 32.6. The van der Waals surface area contributed by atoms with E-state index in [2.05, 4.69) is 9.88 Å². The van der Waals surface area contributed by atoms with Crippen LogP contribution in [0.1, 0.15) is 29.6 Å². The minimum atomic E-state index is -0.502. The number of hydrogen-bond donors (Lipinski definition) is 1. The maximum absolute atomic E-state index is 13.9. The van der Waals surface area contributed by atoms with Gasteiger partial charge in [0.2, 0.25) is 5.43 Å². The highest BCUT2D eigenvalue weighted by Gasteiger charge is 2.27. The van der Waals surface area contributed by atoms with Crippen LogP contribution in [0.4, 0.5) is 4.39 Å². The highest BCUT2D eigenvalue weighted by Crippen LogP contribution is 2.16. The number of aromatic amines is 1. The molecule has 6 nitrogen and oxygen atoms in total. The number of ether oxygens (including phenoxy) is 1. The van der Waals surface area contributed by atoms with Gasteiger partial charge in [0.1, 0.15) is 11.4 Å². The second-order valence-electron chi connectivity index (χ2n) is 7.30. The summed E-state index contributed by atoms with van der Waals surface area (Å²) < 4.78 is 19.8. The molecule has 2 aliphatic rings. The van der Waals surface area contributed by atoms with E-state index >= 15 is 0 Å². The maximum atomic E-state index is 13.9. The summed E-state index contributed by atoms with van der Waals surface area (Å²) >= 11 is 0. The SMILES string of the molecule is O=C(c1c[nH]c2c(F)cccc2c1=O)N1CCCO[C@H](CN2CCCC2)C1. The van der Waals surface area contributed by atoms with E-state index in [1.54, 1.807) is 4.90 Å². The van der Waals surface area contributed by atoms with Gasteiger partial charge >= 0.3 is 0 Å². The van der Waals surface area contributed by atoms with Gasteiger partial charge < -0.3 is 19.5 Å². The molecule has 1 N–H and O–H groups in total. The monoisotopic (exact) mass is 373 g/mol. The molecule has 0 spiro atoms. The molecule has 1 amide bonds. The number of aromatic nitrogens is 1. The number of benzene rings is 1. The highest BCUT2D eigenvalue weighted by molar-refractivity contribution is 5.97. The van der Waals surface area contributed by atoms with Crippen molar-refractivity contribution in [1.29, 1.82) is 0 Å². The number of amides is 1. The minimum Gasteiger partial charge on any atom is -0.375 e. The summed E-state index contributed by atoms with van der Waals surface area (Å²) in [5.41, 5.74) is -0.255. The number of fused-ring (bicyclic) bond motifs is 1. The average Bonchev–Trinajstić information content (AvgIpc) is 3.06. The van der Waals surface area contributed by atoms with E-state index in [1.807, 2.05) is 0 Å². The number of likely N-dealkylation sites (tertiary alicyclic amines) is 1. The molecule has 7 heteroatoms. The Morgan fingerprint density at radius 3 is 2.85 bits per heavy atom. The maximum Gasteiger partial charge on any atom is 0.259 e. The Balaban J connectivity index is 1.56. The van der Waals surface area contributed by atoms with Crippen molar-refractivity contribution in [2.45, 2.75) is 25.4 Å². The number of H-pyrrole nitrogens is 1. The van der Waals surface area contributed by atoms with E-state index < -0.39 is 11.2 Å². The Kier molecular flexibility index (Phi) is 5.22. The van der Waals surface area contributed by atoms with Crippen molar-refractivity contribution in [2.24, 2.45) is 0 Å². The molecule has 144 valence electrons. The number of pyridine rings is 1. The molecule has 4 rings (SSSR count). The zero-order chi connectivity index (χ0) is 18.8. The number of hydrogen-bond acceptors (Lipinski definition) is 4. The average molecular weight is 373 g/mol. The van der Waals surface area contributed by atoms with Crippen molar-refractivity contribution in [3.63, 3.8) is 0 Å². The molecule has 1 atom stereocenters. The fourth-order valence-corrected chi connectivity index (χ4v) is 3.99.